The van der Waals surface area contributed by atoms with Crippen molar-refractivity contribution < 1.29 is 0 Å². The van der Waals surface area contributed by atoms with Gasteiger partial charge in [0.2, 0.25) is 0 Å². The molecule has 0 atom stereocenters. The summed E-state index contributed by atoms with van der Waals surface area (Å²) >= 11 is 1.75. The van der Waals surface area contributed by atoms with Gasteiger partial charge in [-0.15, -0.1) is 0 Å². The van der Waals surface area contributed by atoms with E-state index in [1.165, 1.54) is 17.5 Å². The summed E-state index contributed by atoms with van der Waals surface area (Å²) in [6.45, 7) is 2.23. The van der Waals surface area contributed by atoms with E-state index < -0.39 is 0 Å². The molecule has 4 heterocycles. The van der Waals surface area contributed by atoms with Crippen LogP contribution in [0.25, 0.3) is 21.3 Å². The normalized spacial score (nSPS) is 14.7. The van der Waals surface area contributed by atoms with Crippen molar-refractivity contribution in [3.8, 4) is 0 Å². The summed E-state index contributed by atoms with van der Waals surface area (Å²) in [5, 5.41) is 9.68. The SMILES string of the molecule is Cn1ncc2c(Nc3ccc4nc(N5CCCC5)sc4c3)ncnc21. The number of rotatable bonds is 3. The number of benzene rings is 1. The van der Waals surface area contributed by atoms with Gasteiger partial charge in [0, 0.05) is 25.8 Å². The molecule has 0 aliphatic carbocycles. The van der Waals surface area contributed by atoms with E-state index in [4.69, 9.17) is 4.98 Å². The quantitative estimate of drug-likeness (QED) is 0.610. The number of hydrogen-bond donors (Lipinski definition) is 1. The molecule has 4 aromatic rings. The van der Waals surface area contributed by atoms with Crippen LogP contribution in [0.15, 0.2) is 30.7 Å². The maximum atomic E-state index is 4.77. The fourth-order valence-electron chi connectivity index (χ4n) is 3.23. The highest BCUT2D eigenvalue weighted by Gasteiger charge is 2.16. The summed E-state index contributed by atoms with van der Waals surface area (Å²) in [6, 6.07) is 6.24. The van der Waals surface area contributed by atoms with Crippen molar-refractivity contribution in [2.45, 2.75) is 12.8 Å². The number of aryl methyl sites for hydroxylation is 1. The molecule has 1 saturated heterocycles. The maximum absolute atomic E-state index is 4.77. The second-order valence-corrected chi connectivity index (χ2v) is 7.23. The zero-order valence-corrected chi connectivity index (χ0v) is 14.6. The summed E-state index contributed by atoms with van der Waals surface area (Å²) in [5.41, 5.74) is 2.85. The van der Waals surface area contributed by atoms with E-state index in [1.807, 2.05) is 13.1 Å². The van der Waals surface area contributed by atoms with Gasteiger partial charge in [0.15, 0.2) is 10.8 Å². The molecule has 0 bridgehead atoms. The molecule has 5 rings (SSSR count). The van der Waals surface area contributed by atoms with E-state index in [0.717, 1.165) is 46.3 Å². The third kappa shape index (κ3) is 2.49. The lowest BCUT2D eigenvalue weighted by atomic mass is 10.3. The predicted octanol–water partition coefficient (Wildman–Crippen LogP) is 3.32. The lowest BCUT2D eigenvalue weighted by molar-refractivity contribution is 0.785. The zero-order valence-electron chi connectivity index (χ0n) is 13.8. The highest BCUT2D eigenvalue weighted by molar-refractivity contribution is 7.22. The van der Waals surface area contributed by atoms with Crippen LogP contribution < -0.4 is 10.2 Å². The average molecular weight is 351 g/mol. The van der Waals surface area contributed by atoms with Crippen molar-refractivity contribution in [3.05, 3.63) is 30.7 Å². The zero-order chi connectivity index (χ0) is 16.8. The maximum Gasteiger partial charge on any atom is 0.186 e. The Kier molecular flexibility index (Phi) is 3.30. The summed E-state index contributed by atoms with van der Waals surface area (Å²) in [6.07, 6.45) is 5.87. The minimum absolute atomic E-state index is 0.765. The summed E-state index contributed by atoms with van der Waals surface area (Å²) in [7, 11) is 1.88. The molecule has 1 fully saturated rings. The monoisotopic (exact) mass is 351 g/mol. The Morgan fingerprint density at radius 1 is 1.16 bits per heavy atom. The number of hydrogen-bond acceptors (Lipinski definition) is 7. The van der Waals surface area contributed by atoms with Crippen molar-refractivity contribution in [2.24, 2.45) is 7.05 Å². The van der Waals surface area contributed by atoms with Crippen LogP contribution in [-0.2, 0) is 7.05 Å². The molecule has 3 aromatic heterocycles. The van der Waals surface area contributed by atoms with Crippen molar-refractivity contribution in [1.82, 2.24) is 24.7 Å². The summed E-state index contributed by atoms with van der Waals surface area (Å²) < 4.78 is 2.93. The second-order valence-electron chi connectivity index (χ2n) is 6.23. The van der Waals surface area contributed by atoms with Crippen molar-refractivity contribution in [3.63, 3.8) is 0 Å². The molecule has 7 nitrogen and oxygen atoms in total. The molecule has 1 aliphatic rings. The average Bonchev–Trinajstić information content (AvgIpc) is 3.34. The molecule has 1 aliphatic heterocycles. The van der Waals surface area contributed by atoms with E-state index in [9.17, 15) is 0 Å². The third-order valence-electron chi connectivity index (χ3n) is 4.55. The van der Waals surface area contributed by atoms with Crippen molar-refractivity contribution in [1.29, 1.82) is 0 Å². The Hall–Kier alpha value is -2.74. The van der Waals surface area contributed by atoms with Crippen LogP contribution in [0.2, 0.25) is 0 Å². The molecule has 0 radical (unpaired) electrons. The smallest absolute Gasteiger partial charge is 0.186 e. The number of thiazole rings is 1. The van der Waals surface area contributed by atoms with Crippen LogP contribution in [0, 0.1) is 0 Å². The number of nitrogens with one attached hydrogen (secondary N) is 1. The second kappa shape index (κ2) is 5.66. The summed E-state index contributed by atoms with van der Waals surface area (Å²) in [5.74, 6) is 0.765. The number of anilines is 3. The topological polar surface area (TPSA) is 71.8 Å². The molecular weight excluding hydrogens is 334 g/mol. The van der Waals surface area contributed by atoms with E-state index in [1.54, 1.807) is 28.5 Å². The lowest BCUT2D eigenvalue weighted by Gasteiger charge is -2.11. The van der Waals surface area contributed by atoms with E-state index in [2.05, 4.69) is 37.4 Å². The number of nitrogens with zero attached hydrogens (tertiary/aromatic N) is 6. The van der Waals surface area contributed by atoms with Crippen LogP contribution >= 0.6 is 11.3 Å². The van der Waals surface area contributed by atoms with Crippen molar-refractivity contribution in [2.75, 3.05) is 23.3 Å². The fourth-order valence-corrected chi connectivity index (χ4v) is 4.29. The molecule has 8 heteroatoms. The van der Waals surface area contributed by atoms with E-state index >= 15 is 0 Å². The predicted molar refractivity (Wildman–Crippen MR) is 101 cm³/mol. The molecule has 0 spiro atoms. The van der Waals surface area contributed by atoms with Gasteiger partial charge in [0.25, 0.3) is 0 Å². The van der Waals surface area contributed by atoms with Gasteiger partial charge >= 0.3 is 0 Å². The number of aromatic nitrogens is 5. The minimum Gasteiger partial charge on any atom is -0.348 e. The molecule has 0 unspecified atom stereocenters. The molecule has 1 N–H and O–H groups in total. The Labute approximate surface area is 148 Å². The molecule has 1 aromatic carbocycles. The van der Waals surface area contributed by atoms with Gasteiger partial charge in [0.05, 0.1) is 21.8 Å². The van der Waals surface area contributed by atoms with Gasteiger partial charge in [-0.25, -0.2) is 15.0 Å². The number of fused-ring (bicyclic) bond motifs is 2. The van der Waals surface area contributed by atoms with E-state index in [0.29, 0.717) is 0 Å². The first-order chi connectivity index (χ1) is 12.3. The first-order valence-corrected chi connectivity index (χ1v) is 9.15. The van der Waals surface area contributed by atoms with Gasteiger partial charge in [-0.2, -0.15) is 5.10 Å². The highest BCUT2D eigenvalue weighted by Crippen LogP contribution is 2.33. The molecule has 0 saturated carbocycles. The fraction of sp³-hybridized carbons (Fsp3) is 0.294. The minimum atomic E-state index is 0.765. The Bertz CT molecular complexity index is 1060. The first kappa shape index (κ1) is 14.6. The van der Waals surface area contributed by atoms with Gasteiger partial charge in [-0.3, -0.25) is 4.68 Å². The largest absolute Gasteiger partial charge is 0.348 e. The summed E-state index contributed by atoms with van der Waals surface area (Å²) in [4.78, 5) is 15.8. The van der Waals surface area contributed by atoms with Crippen LogP contribution in [0.4, 0.5) is 16.6 Å². The third-order valence-corrected chi connectivity index (χ3v) is 5.62. The highest BCUT2D eigenvalue weighted by atomic mass is 32.1. The Morgan fingerprint density at radius 2 is 2.04 bits per heavy atom. The Morgan fingerprint density at radius 3 is 2.92 bits per heavy atom. The van der Waals surface area contributed by atoms with Gasteiger partial charge in [-0.05, 0) is 31.0 Å². The van der Waals surface area contributed by atoms with Gasteiger partial charge in [-0.1, -0.05) is 11.3 Å². The molecule has 0 amide bonds. The van der Waals surface area contributed by atoms with Crippen LogP contribution in [-0.4, -0.2) is 37.8 Å². The first-order valence-electron chi connectivity index (χ1n) is 8.33. The van der Waals surface area contributed by atoms with Crippen LogP contribution in [0.3, 0.4) is 0 Å². The van der Waals surface area contributed by atoms with Gasteiger partial charge < -0.3 is 10.2 Å². The standard InChI is InChI=1S/C17H17N7S/c1-23-16-12(9-20-23)15(18-10-19-16)21-11-4-5-13-14(8-11)25-17(22-13)24-6-2-3-7-24/h4-5,8-10H,2-3,6-7H2,1H3,(H,18,19,21). The molecule has 126 valence electrons. The molecule has 25 heavy (non-hydrogen) atoms. The van der Waals surface area contributed by atoms with E-state index in [-0.39, 0.29) is 0 Å². The van der Waals surface area contributed by atoms with Crippen molar-refractivity contribution >= 4 is 49.2 Å². The van der Waals surface area contributed by atoms with Crippen LogP contribution in [0.1, 0.15) is 12.8 Å². The Balaban J connectivity index is 1.50. The molecular formula is C17H17N7S. The lowest BCUT2D eigenvalue weighted by Crippen LogP contribution is -2.16. The van der Waals surface area contributed by atoms with Crippen LogP contribution in [0.5, 0.6) is 0 Å². The van der Waals surface area contributed by atoms with Gasteiger partial charge in [0.1, 0.15) is 12.1 Å².